The van der Waals surface area contributed by atoms with E-state index >= 15 is 0 Å². The highest BCUT2D eigenvalue weighted by Crippen LogP contribution is 2.68. The predicted octanol–water partition coefficient (Wildman–Crippen LogP) is 3.39. The van der Waals surface area contributed by atoms with Crippen LogP contribution in [-0.2, 0) is 14.9 Å². The molecule has 220 valence electrons. The molecule has 0 aromatic rings. The molecular weight excluding hydrogens is 506 g/mol. The number of nitrogens with one attached hydrogen (secondary N) is 1. The van der Waals surface area contributed by atoms with Crippen LogP contribution < -0.4 is 5.32 Å². The standard InChI is InChI=1S/C29H51NO7S/c1-17(6-5-7-18(2)27(34)30-12-13-38(35,36)37)21-8-9-22-26-23(16-25(33)29(21,22)4)28(3)11-10-20(31)14-19(28)15-24(26)32/h17-26,31-33H,5-16H2,1-4H3,(H,30,34)(H,35,36,37)/t17-,18-,19+,20-,21-,22+,23+,24-,25+,26+,28+,29-/m1/s1. The molecule has 4 aliphatic rings. The van der Waals surface area contributed by atoms with E-state index in [1.165, 1.54) is 0 Å². The third-order valence-electron chi connectivity index (χ3n) is 11.9. The predicted molar refractivity (Wildman–Crippen MR) is 146 cm³/mol. The fourth-order valence-corrected chi connectivity index (χ4v) is 10.0. The fourth-order valence-electron chi connectivity index (χ4n) is 9.69. The van der Waals surface area contributed by atoms with E-state index in [-0.39, 0.29) is 47.3 Å². The molecule has 4 fully saturated rings. The highest BCUT2D eigenvalue weighted by Gasteiger charge is 2.65. The lowest BCUT2D eigenvalue weighted by Crippen LogP contribution is -2.62. The van der Waals surface area contributed by atoms with Crippen LogP contribution in [0.3, 0.4) is 0 Å². The number of amides is 1. The third-order valence-corrected chi connectivity index (χ3v) is 12.6. The van der Waals surface area contributed by atoms with Crippen molar-refractivity contribution >= 4 is 16.0 Å². The number of rotatable bonds is 9. The summed E-state index contributed by atoms with van der Waals surface area (Å²) < 4.78 is 30.5. The summed E-state index contributed by atoms with van der Waals surface area (Å²) in [7, 11) is -4.09. The highest BCUT2D eigenvalue weighted by atomic mass is 32.2. The van der Waals surface area contributed by atoms with Gasteiger partial charge in [0.2, 0.25) is 5.91 Å². The summed E-state index contributed by atoms with van der Waals surface area (Å²) in [5.41, 5.74) is -0.148. The largest absolute Gasteiger partial charge is 0.393 e. The van der Waals surface area contributed by atoms with E-state index in [2.05, 4.69) is 26.1 Å². The molecule has 0 spiro atoms. The first-order valence-corrected chi connectivity index (χ1v) is 16.6. The SMILES string of the molecule is C[C@H](CCC[C@@H](C)[C@H]1CC[C@H]2[C@@H]3[C@H](O)C[C@@H]4C[C@H](O)CC[C@]4(C)[C@H]3C[C@H](O)[C@]12C)C(=O)NCCS(=O)(=O)O. The van der Waals surface area contributed by atoms with E-state index < -0.39 is 22.0 Å². The van der Waals surface area contributed by atoms with Gasteiger partial charge in [0.15, 0.2) is 0 Å². The van der Waals surface area contributed by atoms with Crippen LogP contribution in [0.2, 0.25) is 0 Å². The normalized spacial score (nSPS) is 44.4. The van der Waals surface area contributed by atoms with Crippen LogP contribution in [0.15, 0.2) is 0 Å². The Hall–Kier alpha value is -0.740. The van der Waals surface area contributed by atoms with Crippen LogP contribution in [0, 0.1) is 52.3 Å². The lowest BCUT2D eigenvalue weighted by atomic mass is 9.43. The lowest BCUT2D eigenvalue weighted by Gasteiger charge is -2.63. The van der Waals surface area contributed by atoms with Crippen molar-refractivity contribution in [3.63, 3.8) is 0 Å². The number of hydrogen-bond donors (Lipinski definition) is 5. The first-order chi connectivity index (χ1) is 17.7. The number of aliphatic hydroxyl groups is 3. The number of fused-ring (bicyclic) bond motifs is 5. The molecule has 12 atom stereocenters. The molecule has 0 aromatic carbocycles. The Morgan fingerprint density at radius 3 is 2.39 bits per heavy atom. The van der Waals surface area contributed by atoms with Crippen molar-refractivity contribution in [3.05, 3.63) is 0 Å². The molecular formula is C29H51NO7S. The van der Waals surface area contributed by atoms with Crippen LogP contribution in [0.5, 0.6) is 0 Å². The first kappa shape index (κ1) is 30.2. The van der Waals surface area contributed by atoms with Gasteiger partial charge in [-0.25, -0.2) is 0 Å². The maximum Gasteiger partial charge on any atom is 0.266 e. The zero-order chi connectivity index (χ0) is 28.0. The van der Waals surface area contributed by atoms with E-state index in [0.29, 0.717) is 36.0 Å². The van der Waals surface area contributed by atoms with Gasteiger partial charge in [-0.3, -0.25) is 9.35 Å². The van der Waals surface area contributed by atoms with E-state index in [1.807, 2.05) is 6.92 Å². The van der Waals surface area contributed by atoms with Crippen molar-refractivity contribution < 1.29 is 33.1 Å². The second kappa shape index (κ2) is 11.3. The van der Waals surface area contributed by atoms with Gasteiger partial charge in [-0.1, -0.05) is 40.5 Å². The molecule has 4 rings (SSSR count). The Morgan fingerprint density at radius 1 is 1.00 bits per heavy atom. The Labute approximate surface area is 229 Å². The Bertz CT molecular complexity index is 959. The van der Waals surface area contributed by atoms with Crippen molar-refractivity contribution in [2.75, 3.05) is 12.3 Å². The Kier molecular flexibility index (Phi) is 8.96. The monoisotopic (exact) mass is 557 g/mol. The average Bonchev–Trinajstić information content (AvgIpc) is 3.18. The lowest BCUT2D eigenvalue weighted by molar-refractivity contribution is -0.207. The van der Waals surface area contributed by atoms with Gasteiger partial charge in [-0.15, -0.1) is 0 Å². The molecule has 0 aromatic heterocycles. The third kappa shape index (κ3) is 5.69. The summed E-state index contributed by atoms with van der Waals surface area (Å²) in [6.45, 7) is 8.65. The molecule has 0 unspecified atom stereocenters. The zero-order valence-electron chi connectivity index (χ0n) is 23.7. The molecule has 9 heteroatoms. The van der Waals surface area contributed by atoms with E-state index in [4.69, 9.17) is 4.55 Å². The van der Waals surface area contributed by atoms with E-state index in [1.54, 1.807) is 0 Å². The maximum atomic E-state index is 12.3. The van der Waals surface area contributed by atoms with Gasteiger partial charge in [0, 0.05) is 12.5 Å². The molecule has 4 saturated carbocycles. The van der Waals surface area contributed by atoms with Gasteiger partial charge >= 0.3 is 0 Å². The summed E-state index contributed by atoms with van der Waals surface area (Å²) in [5.74, 6) is 0.971. The number of aliphatic hydroxyl groups excluding tert-OH is 3. The molecule has 5 N–H and O–H groups in total. The van der Waals surface area contributed by atoms with Crippen LogP contribution in [-0.4, -0.2) is 64.8 Å². The van der Waals surface area contributed by atoms with Gasteiger partial charge in [0.1, 0.15) is 0 Å². The van der Waals surface area contributed by atoms with Crippen LogP contribution in [0.4, 0.5) is 0 Å². The van der Waals surface area contributed by atoms with Gasteiger partial charge < -0.3 is 20.6 Å². The van der Waals surface area contributed by atoms with E-state index in [9.17, 15) is 28.5 Å². The number of hydrogen-bond acceptors (Lipinski definition) is 6. The summed E-state index contributed by atoms with van der Waals surface area (Å²) in [4.78, 5) is 12.3. The fraction of sp³-hybridized carbons (Fsp3) is 0.966. The minimum Gasteiger partial charge on any atom is -0.393 e. The van der Waals surface area contributed by atoms with Crippen molar-refractivity contribution in [1.29, 1.82) is 0 Å². The average molecular weight is 558 g/mol. The Morgan fingerprint density at radius 2 is 1.71 bits per heavy atom. The molecule has 0 saturated heterocycles. The molecule has 0 heterocycles. The van der Waals surface area contributed by atoms with Crippen molar-refractivity contribution in [1.82, 2.24) is 5.32 Å². The van der Waals surface area contributed by atoms with Crippen LogP contribution in [0.25, 0.3) is 0 Å². The summed E-state index contributed by atoms with van der Waals surface area (Å²) in [5, 5.41) is 36.0. The van der Waals surface area contributed by atoms with Gasteiger partial charge in [0.05, 0.1) is 24.1 Å². The minimum absolute atomic E-state index is 0.0766. The Balaban J connectivity index is 1.36. The molecule has 4 aliphatic carbocycles. The van der Waals surface area contributed by atoms with Crippen molar-refractivity contribution in [3.8, 4) is 0 Å². The molecule has 38 heavy (non-hydrogen) atoms. The molecule has 0 aliphatic heterocycles. The summed E-state index contributed by atoms with van der Waals surface area (Å²) in [6.07, 6.45) is 7.66. The number of carbonyl (C=O) groups excluding carboxylic acids is 1. The van der Waals surface area contributed by atoms with Crippen LogP contribution in [0.1, 0.15) is 91.9 Å². The van der Waals surface area contributed by atoms with Gasteiger partial charge in [-0.05, 0) is 97.7 Å². The topological polar surface area (TPSA) is 144 Å². The zero-order valence-corrected chi connectivity index (χ0v) is 24.5. The smallest absolute Gasteiger partial charge is 0.266 e. The van der Waals surface area contributed by atoms with Crippen LogP contribution >= 0.6 is 0 Å². The van der Waals surface area contributed by atoms with Crippen molar-refractivity contribution in [2.24, 2.45) is 52.3 Å². The van der Waals surface area contributed by atoms with E-state index in [0.717, 1.165) is 57.8 Å². The second-order valence-corrected chi connectivity index (χ2v) is 15.5. The molecule has 0 radical (unpaired) electrons. The maximum absolute atomic E-state index is 12.3. The second-order valence-electron chi connectivity index (χ2n) is 13.9. The molecule has 8 nitrogen and oxygen atoms in total. The highest BCUT2D eigenvalue weighted by molar-refractivity contribution is 7.85. The summed E-state index contributed by atoms with van der Waals surface area (Å²) >= 11 is 0. The molecule has 0 bridgehead atoms. The van der Waals surface area contributed by atoms with Crippen molar-refractivity contribution in [2.45, 2.75) is 110 Å². The van der Waals surface area contributed by atoms with Gasteiger partial charge in [0.25, 0.3) is 10.1 Å². The first-order valence-electron chi connectivity index (χ1n) is 15.0. The molecule has 1 amide bonds. The van der Waals surface area contributed by atoms with Gasteiger partial charge in [-0.2, -0.15) is 8.42 Å². The number of carbonyl (C=O) groups is 1. The quantitative estimate of drug-likeness (QED) is 0.273. The minimum atomic E-state index is -4.09. The summed E-state index contributed by atoms with van der Waals surface area (Å²) in [6, 6.07) is 0.